The fourth-order valence-corrected chi connectivity index (χ4v) is 2.39. The van der Waals surface area contributed by atoms with E-state index in [1.54, 1.807) is 28.8 Å². The molecule has 0 fully saturated rings. The number of halogens is 2. The molecule has 1 heterocycles. The van der Waals surface area contributed by atoms with Gasteiger partial charge in [0.1, 0.15) is 5.82 Å². The van der Waals surface area contributed by atoms with E-state index in [9.17, 15) is 14.0 Å². The van der Waals surface area contributed by atoms with Crippen molar-refractivity contribution in [1.29, 1.82) is 0 Å². The molecule has 0 N–H and O–H groups in total. The molecular weight excluding hydrogens is 293 g/mol. The predicted octanol–water partition coefficient (Wildman–Crippen LogP) is 3.54. The Labute approximate surface area is 127 Å². The molecule has 0 amide bonds. The minimum Gasteiger partial charge on any atom is -0.306 e. The molecule has 0 aliphatic heterocycles. The first kappa shape index (κ1) is 15.4. The average molecular weight is 308 g/mol. The van der Waals surface area contributed by atoms with E-state index in [-0.39, 0.29) is 23.8 Å². The van der Waals surface area contributed by atoms with Crippen LogP contribution in [0.3, 0.4) is 0 Å². The summed E-state index contributed by atoms with van der Waals surface area (Å²) in [6.45, 7) is 3.75. The van der Waals surface area contributed by atoms with E-state index in [0.29, 0.717) is 11.3 Å². The third-order valence-electron chi connectivity index (χ3n) is 3.18. The first-order chi connectivity index (χ1) is 9.90. The van der Waals surface area contributed by atoms with Crippen LogP contribution in [0.2, 0.25) is 0 Å². The summed E-state index contributed by atoms with van der Waals surface area (Å²) in [4.78, 5) is 23.5. The number of rotatable bonds is 4. The zero-order valence-corrected chi connectivity index (χ0v) is 12.5. The van der Waals surface area contributed by atoms with E-state index in [1.807, 2.05) is 13.8 Å². The maximum atomic E-state index is 13.0. The van der Waals surface area contributed by atoms with Crippen molar-refractivity contribution < 1.29 is 9.18 Å². The number of carbonyl (C=O) groups excluding carboxylic acids is 1. The molecule has 21 heavy (non-hydrogen) atoms. The Bertz CT molecular complexity index is 720. The van der Waals surface area contributed by atoms with Gasteiger partial charge in [-0.15, -0.1) is 0 Å². The van der Waals surface area contributed by atoms with Gasteiger partial charge >= 0.3 is 0 Å². The normalized spacial score (nSPS) is 10.9. The molecule has 1 aromatic heterocycles. The number of aromatic nitrogens is 1. The zero-order chi connectivity index (χ0) is 15.6. The van der Waals surface area contributed by atoms with Gasteiger partial charge in [0.2, 0.25) is 5.24 Å². The Kier molecular flexibility index (Phi) is 4.58. The van der Waals surface area contributed by atoms with Crippen molar-refractivity contribution in [3.8, 4) is 11.3 Å². The molecule has 0 radical (unpaired) electrons. The third kappa shape index (κ3) is 3.39. The lowest BCUT2D eigenvalue weighted by atomic mass is 10.1. The highest BCUT2D eigenvalue weighted by Crippen LogP contribution is 2.22. The van der Waals surface area contributed by atoms with Gasteiger partial charge in [0.05, 0.1) is 12.1 Å². The van der Waals surface area contributed by atoms with Crippen LogP contribution >= 0.6 is 11.6 Å². The van der Waals surface area contributed by atoms with Crippen LogP contribution in [0, 0.1) is 5.82 Å². The fraction of sp³-hybridized carbons (Fsp3) is 0.250. The average Bonchev–Trinajstić information content (AvgIpc) is 2.41. The second kappa shape index (κ2) is 6.22. The Balaban J connectivity index is 2.62. The van der Waals surface area contributed by atoms with Gasteiger partial charge in [0.15, 0.2) is 0 Å². The van der Waals surface area contributed by atoms with Crippen LogP contribution in [-0.4, -0.2) is 9.81 Å². The van der Waals surface area contributed by atoms with Crippen molar-refractivity contribution in [3.05, 3.63) is 58.1 Å². The molecule has 0 aliphatic rings. The second-order valence-corrected chi connectivity index (χ2v) is 5.47. The second-order valence-electron chi connectivity index (χ2n) is 5.05. The molecule has 0 aliphatic carbocycles. The molecule has 1 aromatic carbocycles. The third-order valence-corrected chi connectivity index (χ3v) is 3.31. The smallest absolute Gasteiger partial charge is 0.254 e. The number of benzene rings is 1. The molecular formula is C16H15ClFNO2. The monoisotopic (exact) mass is 307 g/mol. The van der Waals surface area contributed by atoms with E-state index in [0.717, 1.165) is 5.56 Å². The highest BCUT2D eigenvalue weighted by Gasteiger charge is 2.14. The molecule has 0 saturated carbocycles. The summed E-state index contributed by atoms with van der Waals surface area (Å²) in [5.74, 6) is -0.332. The molecule has 5 heteroatoms. The van der Waals surface area contributed by atoms with Gasteiger partial charge in [0.25, 0.3) is 5.56 Å². The number of pyridine rings is 1. The van der Waals surface area contributed by atoms with Gasteiger partial charge < -0.3 is 4.57 Å². The lowest BCUT2D eigenvalue weighted by Crippen LogP contribution is -2.27. The first-order valence-corrected chi connectivity index (χ1v) is 6.96. The summed E-state index contributed by atoms with van der Waals surface area (Å²) in [6, 6.07) is 9.19. The SMILES string of the molecule is CC(C)n1c(-c2ccc(F)cc2)ccc(CC(=O)Cl)c1=O. The molecule has 0 unspecified atom stereocenters. The Morgan fingerprint density at radius 1 is 1.19 bits per heavy atom. The molecule has 2 aromatic rings. The van der Waals surface area contributed by atoms with Crippen molar-refractivity contribution in [2.24, 2.45) is 0 Å². The molecule has 2 rings (SSSR count). The summed E-state index contributed by atoms with van der Waals surface area (Å²) >= 11 is 5.36. The topological polar surface area (TPSA) is 39.1 Å². The number of hydrogen-bond acceptors (Lipinski definition) is 2. The molecule has 0 atom stereocenters. The van der Waals surface area contributed by atoms with Crippen molar-refractivity contribution in [2.75, 3.05) is 0 Å². The van der Waals surface area contributed by atoms with Crippen LogP contribution in [0.15, 0.2) is 41.2 Å². The van der Waals surface area contributed by atoms with Gasteiger partial charge in [-0.25, -0.2) is 4.39 Å². The van der Waals surface area contributed by atoms with E-state index in [1.165, 1.54) is 12.1 Å². The van der Waals surface area contributed by atoms with Crippen LogP contribution in [0.5, 0.6) is 0 Å². The van der Waals surface area contributed by atoms with Crippen molar-refractivity contribution in [3.63, 3.8) is 0 Å². The minimum absolute atomic E-state index is 0.0945. The van der Waals surface area contributed by atoms with Gasteiger partial charge in [-0.2, -0.15) is 0 Å². The maximum absolute atomic E-state index is 13.0. The minimum atomic E-state index is -0.572. The summed E-state index contributed by atoms with van der Waals surface area (Å²) in [5, 5.41) is -0.572. The lowest BCUT2D eigenvalue weighted by molar-refractivity contribution is -0.111. The molecule has 0 spiro atoms. The number of nitrogens with zero attached hydrogens (tertiary/aromatic N) is 1. The maximum Gasteiger partial charge on any atom is 0.254 e. The summed E-state index contributed by atoms with van der Waals surface area (Å²) in [7, 11) is 0. The molecule has 110 valence electrons. The zero-order valence-electron chi connectivity index (χ0n) is 11.8. The Hall–Kier alpha value is -1.94. The van der Waals surface area contributed by atoms with Crippen LogP contribution in [-0.2, 0) is 11.2 Å². The highest BCUT2D eigenvalue weighted by atomic mass is 35.5. The van der Waals surface area contributed by atoms with E-state index in [2.05, 4.69) is 0 Å². The Morgan fingerprint density at radius 2 is 1.81 bits per heavy atom. The lowest BCUT2D eigenvalue weighted by Gasteiger charge is -2.17. The highest BCUT2D eigenvalue weighted by molar-refractivity contribution is 6.63. The fourth-order valence-electron chi connectivity index (χ4n) is 2.25. The van der Waals surface area contributed by atoms with Gasteiger partial charge in [-0.3, -0.25) is 9.59 Å². The summed E-state index contributed by atoms with van der Waals surface area (Å²) < 4.78 is 14.6. The summed E-state index contributed by atoms with van der Waals surface area (Å²) in [6.07, 6.45) is -0.100. The van der Waals surface area contributed by atoms with E-state index in [4.69, 9.17) is 11.6 Å². The first-order valence-electron chi connectivity index (χ1n) is 6.59. The van der Waals surface area contributed by atoms with Crippen molar-refractivity contribution >= 4 is 16.8 Å². The standard InChI is InChI=1S/C16H15ClFNO2/c1-10(2)19-14(11-3-6-13(18)7-4-11)8-5-12(16(19)21)9-15(17)20/h3-8,10H,9H2,1-2H3. The van der Waals surface area contributed by atoms with E-state index < -0.39 is 5.24 Å². The quantitative estimate of drug-likeness (QED) is 0.810. The molecule has 3 nitrogen and oxygen atoms in total. The summed E-state index contributed by atoms with van der Waals surface area (Å²) in [5.41, 5.74) is 1.53. The predicted molar refractivity (Wildman–Crippen MR) is 81.0 cm³/mol. The van der Waals surface area contributed by atoms with Crippen LogP contribution in [0.25, 0.3) is 11.3 Å². The Morgan fingerprint density at radius 3 is 2.33 bits per heavy atom. The van der Waals surface area contributed by atoms with Crippen LogP contribution < -0.4 is 5.56 Å². The van der Waals surface area contributed by atoms with E-state index >= 15 is 0 Å². The van der Waals surface area contributed by atoms with Crippen molar-refractivity contribution in [1.82, 2.24) is 4.57 Å². The molecule has 0 bridgehead atoms. The van der Waals surface area contributed by atoms with Crippen LogP contribution in [0.1, 0.15) is 25.5 Å². The van der Waals surface area contributed by atoms with Crippen molar-refractivity contribution in [2.45, 2.75) is 26.3 Å². The van der Waals surface area contributed by atoms with Crippen LogP contribution in [0.4, 0.5) is 4.39 Å². The van der Waals surface area contributed by atoms with Gasteiger partial charge in [0, 0.05) is 11.6 Å². The molecule has 0 saturated heterocycles. The number of hydrogen-bond donors (Lipinski definition) is 0. The largest absolute Gasteiger partial charge is 0.306 e. The number of carbonyl (C=O) groups is 1. The van der Waals surface area contributed by atoms with Gasteiger partial charge in [-0.1, -0.05) is 6.07 Å². The van der Waals surface area contributed by atoms with Gasteiger partial charge in [-0.05, 0) is 61.3 Å².